The second-order valence-corrected chi connectivity index (χ2v) is 4.90. The van der Waals surface area contributed by atoms with E-state index in [-0.39, 0.29) is 0 Å². The van der Waals surface area contributed by atoms with E-state index in [0.717, 1.165) is 12.2 Å². The van der Waals surface area contributed by atoms with Crippen molar-refractivity contribution in [2.75, 3.05) is 0 Å². The Morgan fingerprint density at radius 1 is 1.26 bits per heavy atom. The van der Waals surface area contributed by atoms with Gasteiger partial charge in [-0.2, -0.15) is 5.26 Å². The minimum atomic E-state index is 0.376. The molecule has 1 aromatic carbocycles. The summed E-state index contributed by atoms with van der Waals surface area (Å²) in [7, 11) is 0. The second-order valence-electron chi connectivity index (χ2n) is 4.90. The molecule has 1 aliphatic rings. The van der Waals surface area contributed by atoms with Crippen molar-refractivity contribution >= 4 is 0 Å². The fraction of sp³-hybridized carbons (Fsp3) is 0.312. The summed E-state index contributed by atoms with van der Waals surface area (Å²) >= 11 is 0. The molecule has 1 atom stereocenters. The number of fused-ring (bicyclic) bond motifs is 1. The molecule has 0 saturated heterocycles. The van der Waals surface area contributed by atoms with Crippen LogP contribution in [0.5, 0.6) is 0 Å². The van der Waals surface area contributed by atoms with Crippen LogP contribution in [-0.2, 0) is 13.0 Å². The first-order valence-electron chi connectivity index (χ1n) is 6.67. The molecule has 1 unspecified atom stereocenters. The summed E-state index contributed by atoms with van der Waals surface area (Å²) < 4.78 is 5.39. The number of hydrogen-bond acceptors (Lipinski definition) is 3. The molecule has 0 spiro atoms. The Morgan fingerprint density at radius 3 is 3.00 bits per heavy atom. The number of nitriles is 1. The topological polar surface area (TPSA) is 49.0 Å². The molecule has 96 valence electrons. The van der Waals surface area contributed by atoms with Crippen molar-refractivity contribution in [1.82, 2.24) is 5.32 Å². The van der Waals surface area contributed by atoms with Gasteiger partial charge in [0.15, 0.2) is 0 Å². The van der Waals surface area contributed by atoms with Gasteiger partial charge in [0.25, 0.3) is 0 Å². The minimum Gasteiger partial charge on any atom is -0.449 e. The van der Waals surface area contributed by atoms with Gasteiger partial charge in [-0.25, -0.2) is 0 Å². The summed E-state index contributed by atoms with van der Waals surface area (Å²) in [5, 5.41) is 12.3. The summed E-state index contributed by atoms with van der Waals surface area (Å²) in [6.45, 7) is 0.667. The second kappa shape index (κ2) is 5.29. The van der Waals surface area contributed by atoms with E-state index in [9.17, 15) is 0 Å². The van der Waals surface area contributed by atoms with Crippen LogP contribution in [0.25, 0.3) is 0 Å². The predicted octanol–water partition coefficient (Wildman–Crippen LogP) is 3.32. The molecule has 1 heterocycles. The van der Waals surface area contributed by atoms with Crippen molar-refractivity contribution < 1.29 is 4.42 Å². The molecule has 3 rings (SSSR count). The summed E-state index contributed by atoms with van der Waals surface area (Å²) in [6, 6.07) is 14.6. The minimum absolute atomic E-state index is 0.376. The van der Waals surface area contributed by atoms with Crippen LogP contribution in [0.1, 0.15) is 41.5 Å². The SMILES string of the molecule is N#Cc1ccc(CNC2CCCc3ccccc32)o1. The van der Waals surface area contributed by atoms with E-state index in [2.05, 4.69) is 29.6 Å². The average molecular weight is 252 g/mol. The lowest BCUT2D eigenvalue weighted by atomic mass is 9.88. The molecule has 19 heavy (non-hydrogen) atoms. The lowest BCUT2D eigenvalue weighted by Gasteiger charge is -2.26. The Balaban J connectivity index is 1.70. The Bertz CT molecular complexity index is 609. The molecule has 1 N–H and O–H groups in total. The van der Waals surface area contributed by atoms with Crippen molar-refractivity contribution in [2.45, 2.75) is 31.8 Å². The monoisotopic (exact) mass is 252 g/mol. The lowest BCUT2D eigenvalue weighted by molar-refractivity contribution is 0.414. The summed E-state index contributed by atoms with van der Waals surface area (Å²) in [5.74, 6) is 1.19. The summed E-state index contributed by atoms with van der Waals surface area (Å²) in [4.78, 5) is 0. The van der Waals surface area contributed by atoms with Crippen LogP contribution >= 0.6 is 0 Å². The van der Waals surface area contributed by atoms with Gasteiger partial charge in [0.05, 0.1) is 6.54 Å². The highest BCUT2D eigenvalue weighted by molar-refractivity contribution is 5.32. The van der Waals surface area contributed by atoms with Gasteiger partial charge < -0.3 is 9.73 Å². The molecule has 2 aromatic rings. The first kappa shape index (κ1) is 12.0. The third-order valence-corrected chi connectivity index (χ3v) is 3.66. The van der Waals surface area contributed by atoms with Crippen LogP contribution in [0.3, 0.4) is 0 Å². The van der Waals surface area contributed by atoms with Gasteiger partial charge in [0.1, 0.15) is 11.8 Å². The third kappa shape index (κ3) is 2.54. The maximum Gasteiger partial charge on any atom is 0.203 e. The fourth-order valence-corrected chi connectivity index (χ4v) is 2.72. The Morgan fingerprint density at radius 2 is 2.16 bits per heavy atom. The molecular formula is C16H16N2O. The number of rotatable bonds is 3. The van der Waals surface area contributed by atoms with Gasteiger partial charge in [-0.15, -0.1) is 0 Å². The molecule has 0 saturated carbocycles. The number of furan rings is 1. The molecule has 3 heteroatoms. The van der Waals surface area contributed by atoms with E-state index in [1.165, 1.54) is 24.0 Å². The Hall–Kier alpha value is -2.05. The van der Waals surface area contributed by atoms with Crippen molar-refractivity contribution in [2.24, 2.45) is 0 Å². The molecule has 0 bridgehead atoms. The van der Waals surface area contributed by atoms with Crippen LogP contribution in [0, 0.1) is 11.3 Å². The zero-order chi connectivity index (χ0) is 13.1. The smallest absolute Gasteiger partial charge is 0.203 e. The van der Waals surface area contributed by atoms with E-state index in [0.29, 0.717) is 18.3 Å². The summed E-state index contributed by atoms with van der Waals surface area (Å²) in [6.07, 6.45) is 3.55. The average Bonchev–Trinajstić information content (AvgIpc) is 2.93. The van der Waals surface area contributed by atoms with E-state index in [1.54, 1.807) is 6.07 Å². The van der Waals surface area contributed by atoms with Crippen LogP contribution < -0.4 is 5.32 Å². The number of nitrogens with zero attached hydrogens (tertiary/aromatic N) is 1. The van der Waals surface area contributed by atoms with Gasteiger partial charge in [0, 0.05) is 6.04 Å². The molecule has 1 aliphatic carbocycles. The van der Waals surface area contributed by atoms with Crippen LogP contribution in [-0.4, -0.2) is 0 Å². The normalized spacial score (nSPS) is 17.7. The van der Waals surface area contributed by atoms with E-state index in [4.69, 9.17) is 9.68 Å². The van der Waals surface area contributed by atoms with Gasteiger partial charge in [-0.1, -0.05) is 24.3 Å². The largest absolute Gasteiger partial charge is 0.449 e. The highest BCUT2D eigenvalue weighted by Gasteiger charge is 2.19. The van der Waals surface area contributed by atoms with Crippen molar-refractivity contribution in [3.8, 4) is 6.07 Å². The van der Waals surface area contributed by atoms with Crippen LogP contribution in [0.15, 0.2) is 40.8 Å². The van der Waals surface area contributed by atoms with Crippen molar-refractivity contribution in [3.63, 3.8) is 0 Å². The molecule has 3 nitrogen and oxygen atoms in total. The molecule has 0 fully saturated rings. The maximum absolute atomic E-state index is 8.73. The quantitative estimate of drug-likeness (QED) is 0.911. The Labute approximate surface area is 112 Å². The predicted molar refractivity (Wildman–Crippen MR) is 72.4 cm³/mol. The van der Waals surface area contributed by atoms with Gasteiger partial charge in [-0.05, 0) is 42.5 Å². The fourth-order valence-electron chi connectivity index (χ4n) is 2.72. The zero-order valence-corrected chi connectivity index (χ0v) is 10.7. The first-order valence-corrected chi connectivity index (χ1v) is 6.67. The van der Waals surface area contributed by atoms with Crippen molar-refractivity contribution in [3.05, 3.63) is 59.0 Å². The lowest BCUT2D eigenvalue weighted by Crippen LogP contribution is -2.24. The van der Waals surface area contributed by atoms with Gasteiger partial charge in [-0.3, -0.25) is 0 Å². The number of hydrogen-bond donors (Lipinski definition) is 1. The van der Waals surface area contributed by atoms with E-state index >= 15 is 0 Å². The van der Waals surface area contributed by atoms with Gasteiger partial charge in [0.2, 0.25) is 5.76 Å². The first-order chi connectivity index (χ1) is 9.36. The highest BCUT2D eigenvalue weighted by Crippen LogP contribution is 2.29. The number of aryl methyl sites for hydroxylation is 1. The number of benzene rings is 1. The Kier molecular flexibility index (Phi) is 3.35. The molecule has 1 aromatic heterocycles. The molecular weight excluding hydrogens is 236 g/mol. The molecule has 0 aliphatic heterocycles. The highest BCUT2D eigenvalue weighted by atomic mass is 16.3. The van der Waals surface area contributed by atoms with Crippen LogP contribution in [0.2, 0.25) is 0 Å². The summed E-state index contributed by atoms with van der Waals surface area (Å²) in [5.41, 5.74) is 2.85. The van der Waals surface area contributed by atoms with Crippen LogP contribution in [0.4, 0.5) is 0 Å². The van der Waals surface area contributed by atoms with E-state index < -0.39 is 0 Å². The standard InChI is InChI=1S/C16H16N2O/c17-10-13-8-9-14(19-13)11-18-16-7-3-5-12-4-1-2-6-15(12)16/h1-2,4,6,8-9,16,18H,3,5,7,11H2. The molecule has 0 amide bonds. The molecule has 0 radical (unpaired) electrons. The third-order valence-electron chi connectivity index (χ3n) is 3.66. The number of nitrogens with one attached hydrogen (secondary N) is 1. The van der Waals surface area contributed by atoms with E-state index in [1.807, 2.05) is 12.1 Å². The van der Waals surface area contributed by atoms with Gasteiger partial charge >= 0.3 is 0 Å². The van der Waals surface area contributed by atoms with Crippen molar-refractivity contribution in [1.29, 1.82) is 5.26 Å². The maximum atomic E-state index is 8.73. The zero-order valence-electron chi connectivity index (χ0n) is 10.7.